The summed E-state index contributed by atoms with van der Waals surface area (Å²) in [5.41, 5.74) is 14.6. The first-order valence-corrected chi connectivity index (χ1v) is 17.9. The fourth-order valence-electron chi connectivity index (χ4n) is 7.19. The second-order valence-electron chi connectivity index (χ2n) is 13.7. The number of hydrogen-bond donors (Lipinski definition) is 0. The van der Waals surface area contributed by atoms with Crippen LogP contribution in [0.3, 0.4) is 0 Å². The van der Waals surface area contributed by atoms with Gasteiger partial charge >= 0.3 is 0 Å². The molecule has 4 atom stereocenters. The molecule has 2 nitrogen and oxygen atoms in total. The van der Waals surface area contributed by atoms with Gasteiger partial charge in [0.25, 0.3) is 0 Å². The molecule has 0 saturated carbocycles. The summed E-state index contributed by atoms with van der Waals surface area (Å²) in [6.45, 7) is 13.5. The highest BCUT2D eigenvalue weighted by atomic mass is 14.8. The lowest BCUT2D eigenvalue weighted by Crippen LogP contribution is -2.04. The second kappa shape index (κ2) is 15.9. The first kappa shape index (κ1) is 34.5. The lowest BCUT2D eigenvalue weighted by Gasteiger charge is -2.23. The average Bonchev–Trinajstić information content (AvgIpc) is 3.17. The molecule has 250 valence electrons. The van der Waals surface area contributed by atoms with E-state index < -0.39 is 0 Å². The zero-order chi connectivity index (χ0) is 35.0. The van der Waals surface area contributed by atoms with Crippen molar-refractivity contribution in [1.82, 2.24) is 0 Å². The predicted octanol–water partition coefficient (Wildman–Crippen LogP) is 13.0. The van der Waals surface area contributed by atoms with Gasteiger partial charge in [0, 0.05) is 36.1 Å². The molecule has 0 N–H and O–H groups in total. The molecule has 2 heteroatoms. The number of hydrogen-bond acceptors (Lipinski definition) is 2. The highest BCUT2D eigenvalue weighted by Gasteiger charge is 2.22. The topological polar surface area (TPSA) is 24.7 Å². The summed E-state index contributed by atoms with van der Waals surface area (Å²) in [6, 6.07) is 52.2. The molecule has 0 aromatic heterocycles. The molecular weight excluding hydrogens is 605 g/mol. The van der Waals surface area contributed by atoms with Crippen LogP contribution in [-0.4, -0.2) is 12.4 Å². The van der Waals surface area contributed by atoms with E-state index in [4.69, 9.17) is 9.98 Å². The van der Waals surface area contributed by atoms with Crippen LogP contribution in [0.15, 0.2) is 156 Å². The van der Waals surface area contributed by atoms with Crippen LogP contribution >= 0.6 is 0 Å². The molecule has 0 saturated heterocycles. The molecule has 50 heavy (non-hydrogen) atoms. The lowest BCUT2D eigenvalue weighted by molar-refractivity contribution is 0.883. The molecular formula is C48H48N2. The van der Waals surface area contributed by atoms with Gasteiger partial charge in [0.2, 0.25) is 0 Å². The minimum atomic E-state index is 0.177. The predicted molar refractivity (Wildman–Crippen MR) is 214 cm³/mol. The van der Waals surface area contributed by atoms with Crippen LogP contribution in [0.4, 0.5) is 11.4 Å². The van der Waals surface area contributed by atoms with E-state index in [2.05, 4.69) is 187 Å². The maximum Gasteiger partial charge on any atom is 0.0706 e. The molecule has 0 heterocycles. The molecule has 0 amide bonds. The van der Waals surface area contributed by atoms with Crippen LogP contribution in [0.25, 0.3) is 0 Å². The number of aliphatic imine (C=N–C) groups is 2. The van der Waals surface area contributed by atoms with Crippen molar-refractivity contribution in [3.63, 3.8) is 0 Å². The van der Waals surface area contributed by atoms with E-state index in [1.54, 1.807) is 0 Å². The van der Waals surface area contributed by atoms with E-state index in [0.717, 1.165) is 11.4 Å². The second-order valence-corrected chi connectivity index (χ2v) is 13.7. The van der Waals surface area contributed by atoms with Crippen LogP contribution in [-0.2, 0) is 0 Å². The summed E-state index contributed by atoms with van der Waals surface area (Å²) in [4.78, 5) is 10.5. The summed E-state index contributed by atoms with van der Waals surface area (Å²) < 4.78 is 0. The summed E-state index contributed by atoms with van der Waals surface area (Å²) >= 11 is 0. The quantitative estimate of drug-likeness (QED) is 0.124. The standard InChI is InChI=1S/C48H48N2/c1-33-29-43(35(3)39-19-11-7-12-20-39)47(44(30-33)36(4)40-21-13-8-14-22-40)49-27-28-50-48-45(37(5)41-23-15-9-16-24-41)31-34(2)32-46(48)38(6)42-25-17-10-18-26-42/h7-32,35-38H,1-6H3/t35-,36-,37-,38-/m1/s1. The van der Waals surface area contributed by atoms with Gasteiger partial charge in [-0.2, -0.15) is 0 Å². The Bertz CT molecular complexity index is 1780. The monoisotopic (exact) mass is 652 g/mol. The van der Waals surface area contributed by atoms with Gasteiger partial charge in [-0.05, 0) is 58.4 Å². The van der Waals surface area contributed by atoms with E-state index in [9.17, 15) is 0 Å². The first-order valence-electron chi connectivity index (χ1n) is 17.9. The summed E-state index contributed by atoms with van der Waals surface area (Å²) in [6.07, 6.45) is 3.81. The summed E-state index contributed by atoms with van der Waals surface area (Å²) in [5, 5.41) is 0. The van der Waals surface area contributed by atoms with E-state index in [-0.39, 0.29) is 23.7 Å². The van der Waals surface area contributed by atoms with Crippen LogP contribution in [0.1, 0.15) is 107 Å². The van der Waals surface area contributed by atoms with E-state index in [1.165, 1.54) is 55.6 Å². The highest BCUT2D eigenvalue weighted by Crippen LogP contribution is 2.42. The summed E-state index contributed by atoms with van der Waals surface area (Å²) in [7, 11) is 0. The Morgan fingerprint density at radius 1 is 0.360 bits per heavy atom. The van der Waals surface area contributed by atoms with Crippen molar-refractivity contribution in [3.05, 3.63) is 201 Å². The normalized spacial score (nSPS) is 14.1. The van der Waals surface area contributed by atoms with Gasteiger partial charge in [-0.3, -0.25) is 9.98 Å². The third kappa shape index (κ3) is 7.76. The van der Waals surface area contributed by atoms with Gasteiger partial charge in [0.1, 0.15) is 0 Å². The average molecular weight is 653 g/mol. The van der Waals surface area contributed by atoms with Crippen molar-refractivity contribution < 1.29 is 0 Å². The van der Waals surface area contributed by atoms with E-state index in [0.29, 0.717) is 0 Å². The van der Waals surface area contributed by atoms with Crippen molar-refractivity contribution in [1.29, 1.82) is 0 Å². The van der Waals surface area contributed by atoms with Crippen molar-refractivity contribution in [2.24, 2.45) is 9.98 Å². The number of benzene rings is 6. The molecule has 0 aliphatic rings. The van der Waals surface area contributed by atoms with Crippen molar-refractivity contribution in [2.75, 3.05) is 0 Å². The Balaban J connectivity index is 1.47. The fourth-order valence-corrected chi connectivity index (χ4v) is 7.19. The molecule has 6 aromatic carbocycles. The minimum absolute atomic E-state index is 0.177. The van der Waals surface area contributed by atoms with Crippen molar-refractivity contribution >= 4 is 23.8 Å². The molecule has 0 spiro atoms. The molecule has 6 aromatic rings. The summed E-state index contributed by atoms with van der Waals surface area (Å²) in [5.74, 6) is 0.706. The third-order valence-corrected chi connectivity index (χ3v) is 10.2. The van der Waals surface area contributed by atoms with Crippen LogP contribution in [0, 0.1) is 13.8 Å². The number of rotatable bonds is 11. The smallest absolute Gasteiger partial charge is 0.0706 e. The van der Waals surface area contributed by atoms with Gasteiger partial charge in [-0.25, -0.2) is 0 Å². The molecule has 0 aliphatic carbocycles. The Morgan fingerprint density at radius 3 is 0.800 bits per heavy atom. The molecule has 0 fully saturated rings. The molecule has 0 radical (unpaired) electrons. The van der Waals surface area contributed by atoms with Crippen LogP contribution in [0.2, 0.25) is 0 Å². The van der Waals surface area contributed by atoms with Crippen LogP contribution < -0.4 is 0 Å². The Kier molecular flexibility index (Phi) is 11.0. The van der Waals surface area contributed by atoms with E-state index >= 15 is 0 Å². The largest absolute Gasteiger partial charge is 0.255 e. The Hall–Kier alpha value is -5.34. The first-order chi connectivity index (χ1) is 24.3. The number of aryl methyl sites for hydroxylation is 2. The minimum Gasteiger partial charge on any atom is -0.255 e. The maximum atomic E-state index is 5.26. The molecule has 0 unspecified atom stereocenters. The lowest BCUT2D eigenvalue weighted by atomic mass is 9.84. The zero-order valence-electron chi connectivity index (χ0n) is 30.2. The van der Waals surface area contributed by atoms with Crippen LogP contribution in [0.5, 0.6) is 0 Å². The highest BCUT2D eigenvalue weighted by molar-refractivity contribution is 6.17. The van der Waals surface area contributed by atoms with Gasteiger partial charge < -0.3 is 0 Å². The van der Waals surface area contributed by atoms with Gasteiger partial charge in [0.05, 0.1) is 11.4 Å². The number of nitrogens with zero attached hydrogens (tertiary/aromatic N) is 2. The van der Waals surface area contributed by atoms with Gasteiger partial charge in [-0.1, -0.05) is 184 Å². The van der Waals surface area contributed by atoms with E-state index in [1.807, 2.05) is 12.4 Å². The molecule has 6 rings (SSSR count). The Labute approximate surface area is 299 Å². The van der Waals surface area contributed by atoms with Gasteiger partial charge in [-0.15, -0.1) is 0 Å². The van der Waals surface area contributed by atoms with Gasteiger partial charge in [0.15, 0.2) is 0 Å². The molecule has 0 aliphatic heterocycles. The third-order valence-electron chi connectivity index (χ3n) is 10.2. The Morgan fingerprint density at radius 2 is 0.580 bits per heavy atom. The fraction of sp³-hybridized carbons (Fsp3) is 0.208. The van der Waals surface area contributed by atoms with Crippen molar-refractivity contribution in [2.45, 2.75) is 65.2 Å². The van der Waals surface area contributed by atoms with Crippen molar-refractivity contribution in [3.8, 4) is 0 Å². The SMILES string of the molecule is Cc1cc([C@H](C)c2ccccc2)c(N=CC=Nc2c([C@H](C)c3ccccc3)cc(C)cc2[C@H](C)c2ccccc2)c([C@H](C)c2ccccc2)c1. The zero-order valence-corrected chi connectivity index (χ0v) is 30.2. The molecule has 0 bridgehead atoms. The maximum absolute atomic E-state index is 5.26.